The molecule has 0 saturated carbocycles. The number of hydrogen-bond donors (Lipinski definition) is 2. The van der Waals surface area contributed by atoms with Crippen molar-refractivity contribution >= 4 is 5.91 Å². The maximum absolute atomic E-state index is 13.0. The van der Waals surface area contributed by atoms with E-state index in [1.165, 1.54) is 12.1 Å². The first-order valence-corrected chi connectivity index (χ1v) is 8.06. The van der Waals surface area contributed by atoms with Crippen molar-refractivity contribution in [2.24, 2.45) is 0 Å². The molecular formula is C17H19FN6O. The Morgan fingerprint density at radius 1 is 1.32 bits per heavy atom. The lowest BCUT2D eigenvalue weighted by atomic mass is 10.2. The first kappa shape index (κ1) is 16.8. The molecule has 0 fully saturated rings. The third-order valence-corrected chi connectivity index (χ3v) is 3.78. The SMILES string of the molecule is CCCn1cnnc1CNC(=O)c1nc(-c2ccc(F)cc2)[nH]c1C. The van der Waals surface area contributed by atoms with Crippen LogP contribution in [0, 0.1) is 12.7 Å². The number of aryl methyl sites for hydroxylation is 2. The largest absolute Gasteiger partial charge is 0.343 e. The molecule has 0 unspecified atom stereocenters. The number of carbonyl (C=O) groups is 1. The van der Waals surface area contributed by atoms with Gasteiger partial charge in [0, 0.05) is 17.8 Å². The monoisotopic (exact) mass is 342 g/mol. The molecule has 2 aromatic heterocycles. The quantitative estimate of drug-likeness (QED) is 0.720. The minimum absolute atomic E-state index is 0.275. The van der Waals surface area contributed by atoms with E-state index >= 15 is 0 Å². The van der Waals surface area contributed by atoms with E-state index in [1.807, 2.05) is 4.57 Å². The Hall–Kier alpha value is -3.03. The Morgan fingerprint density at radius 2 is 2.08 bits per heavy atom. The number of aromatic amines is 1. The van der Waals surface area contributed by atoms with Crippen LogP contribution in [-0.2, 0) is 13.1 Å². The third kappa shape index (κ3) is 3.73. The number of aromatic nitrogens is 5. The van der Waals surface area contributed by atoms with Crippen molar-refractivity contribution in [2.75, 3.05) is 0 Å². The third-order valence-electron chi connectivity index (χ3n) is 3.78. The molecule has 0 aliphatic rings. The highest BCUT2D eigenvalue weighted by molar-refractivity contribution is 5.94. The summed E-state index contributed by atoms with van der Waals surface area (Å²) in [5, 5.41) is 10.7. The van der Waals surface area contributed by atoms with E-state index in [1.54, 1.807) is 25.4 Å². The molecule has 2 heterocycles. The van der Waals surface area contributed by atoms with Crippen LogP contribution < -0.4 is 5.32 Å². The molecule has 1 aromatic carbocycles. The van der Waals surface area contributed by atoms with Crippen LogP contribution in [0.25, 0.3) is 11.4 Å². The summed E-state index contributed by atoms with van der Waals surface area (Å²) < 4.78 is 14.9. The van der Waals surface area contributed by atoms with Gasteiger partial charge in [-0.1, -0.05) is 6.92 Å². The van der Waals surface area contributed by atoms with Gasteiger partial charge in [-0.2, -0.15) is 0 Å². The van der Waals surface area contributed by atoms with Crippen LogP contribution in [0.3, 0.4) is 0 Å². The lowest BCUT2D eigenvalue weighted by Gasteiger charge is -2.06. The molecule has 0 radical (unpaired) electrons. The van der Waals surface area contributed by atoms with Crippen LogP contribution in [0.4, 0.5) is 4.39 Å². The highest BCUT2D eigenvalue weighted by Crippen LogP contribution is 2.18. The molecule has 25 heavy (non-hydrogen) atoms. The van der Waals surface area contributed by atoms with Gasteiger partial charge < -0.3 is 14.9 Å². The lowest BCUT2D eigenvalue weighted by molar-refractivity contribution is 0.0944. The number of nitrogens with one attached hydrogen (secondary N) is 2. The number of amides is 1. The summed E-state index contributed by atoms with van der Waals surface area (Å²) in [6.45, 7) is 4.91. The van der Waals surface area contributed by atoms with Gasteiger partial charge in [-0.05, 0) is 37.6 Å². The van der Waals surface area contributed by atoms with E-state index < -0.39 is 0 Å². The fraction of sp³-hybridized carbons (Fsp3) is 0.294. The van der Waals surface area contributed by atoms with E-state index in [0.717, 1.165) is 13.0 Å². The number of benzene rings is 1. The van der Waals surface area contributed by atoms with Crippen molar-refractivity contribution in [2.45, 2.75) is 33.4 Å². The van der Waals surface area contributed by atoms with Gasteiger partial charge >= 0.3 is 0 Å². The molecule has 1 amide bonds. The van der Waals surface area contributed by atoms with E-state index in [4.69, 9.17) is 0 Å². The molecule has 0 aliphatic carbocycles. The molecule has 0 spiro atoms. The highest BCUT2D eigenvalue weighted by Gasteiger charge is 2.16. The number of carbonyl (C=O) groups excluding carboxylic acids is 1. The second-order valence-corrected chi connectivity index (χ2v) is 5.69. The van der Waals surface area contributed by atoms with Gasteiger partial charge in [0.15, 0.2) is 5.82 Å². The fourth-order valence-corrected chi connectivity index (χ4v) is 2.51. The highest BCUT2D eigenvalue weighted by atomic mass is 19.1. The van der Waals surface area contributed by atoms with Crippen LogP contribution in [0.1, 0.15) is 35.4 Å². The van der Waals surface area contributed by atoms with Gasteiger partial charge in [0.05, 0.1) is 6.54 Å². The summed E-state index contributed by atoms with van der Waals surface area (Å²) in [5.41, 5.74) is 1.67. The van der Waals surface area contributed by atoms with E-state index in [0.29, 0.717) is 28.6 Å². The molecule has 3 aromatic rings. The zero-order valence-corrected chi connectivity index (χ0v) is 14.1. The summed E-state index contributed by atoms with van der Waals surface area (Å²) in [4.78, 5) is 19.8. The van der Waals surface area contributed by atoms with Gasteiger partial charge in [-0.3, -0.25) is 4.79 Å². The molecule has 130 valence electrons. The zero-order chi connectivity index (χ0) is 17.8. The normalized spacial score (nSPS) is 10.8. The predicted octanol–water partition coefficient (Wildman–Crippen LogP) is 2.46. The van der Waals surface area contributed by atoms with Gasteiger partial charge in [-0.15, -0.1) is 10.2 Å². The average molecular weight is 342 g/mol. The zero-order valence-electron chi connectivity index (χ0n) is 14.1. The lowest BCUT2D eigenvalue weighted by Crippen LogP contribution is -2.25. The topological polar surface area (TPSA) is 88.5 Å². The number of hydrogen-bond acceptors (Lipinski definition) is 4. The Labute approximate surface area is 144 Å². The summed E-state index contributed by atoms with van der Waals surface area (Å²) in [6.07, 6.45) is 2.61. The summed E-state index contributed by atoms with van der Waals surface area (Å²) in [6, 6.07) is 5.94. The van der Waals surface area contributed by atoms with Crippen molar-refractivity contribution in [1.29, 1.82) is 0 Å². The molecule has 0 bridgehead atoms. The molecule has 2 N–H and O–H groups in total. The number of imidazole rings is 1. The second kappa shape index (κ2) is 7.25. The van der Waals surface area contributed by atoms with Crippen LogP contribution in [-0.4, -0.2) is 30.6 Å². The van der Waals surface area contributed by atoms with Crippen LogP contribution >= 0.6 is 0 Å². The van der Waals surface area contributed by atoms with Crippen LogP contribution in [0.5, 0.6) is 0 Å². The first-order valence-electron chi connectivity index (χ1n) is 8.06. The average Bonchev–Trinajstić information content (AvgIpc) is 3.20. The maximum Gasteiger partial charge on any atom is 0.272 e. The second-order valence-electron chi connectivity index (χ2n) is 5.69. The maximum atomic E-state index is 13.0. The van der Waals surface area contributed by atoms with Crippen molar-refractivity contribution in [3.63, 3.8) is 0 Å². The smallest absolute Gasteiger partial charge is 0.272 e. The van der Waals surface area contributed by atoms with Crippen molar-refractivity contribution in [3.05, 3.63) is 53.6 Å². The van der Waals surface area contributed by atoms with Crippen LogP contribution in [0.15, 0.2) is 30.6 Å². The Balaban J connectivity index is 1.72. The molecule has 0 aliphatic heterocycles. The number of rotatable bonds is 6. The Bertz CT molecular complexity index is 868. The van der Waals surface area contributed by atoms with Crippen molar-refractivity contribution < 1.29 is 9.18 Å². The molecule has 7 nitrogen and oxygen atoms in total. The summed E-state index contributed by atoms with van der Waals surface area (Å²) >= 11 is 0. The molecule has 0 saturated heterocycles. The molecule has 0 atom stereocenters. The molecular weight excluding hydrogens is 323 g/mol. The number of halogens is 1. The predicted molar refractivity (Wildman–Crippen MR) is 90.2 cm³/mol. The van der Waals surface area contributed by atoms with Gasteiger partial charge in [-0.25, -0.2) is 9.37 Å². The summed E-state index contributed by atoms with van der Waals surface area (Å²) in [5.74, 6) is 0.605. The minimum atomic E-state index is -0.318. The van der Waals surface area contributed by atoms with Crippen molar-refractivity contribution in [1.82, 2.24) is 30.0 Å². The standard InChI is InChI=1S/C17H19FN6O/c1-3-8-24-10-20-23-14(24)9-19-17(25)15-11(2)21-16(22-15)12-4-6-13(18)7-5-12/h4-7,10H,3,8-9H2,1-2H3,(H,19,25)(H,21,22). The van der Waals surface area contributed by atoms with Gasteiger partial charge in [0.1, 0.15) is 23.7 Å². The minimum Gasteiger partial charge on any atom is -0.343 e. The molecule has 8 heteroatoms. The summed E-state index contributed by atoms with van der Waals surface area (Å²) in [7, 11) is 0. The van der Waals surface area contributed by atoms with Gasteiger partial charge in [0.25, 0.3) is 5.91 Å². The van der Waals surface area contributed by atoms with E-state index in [9.17, 15) is 9.18 Å². The van der Waals surface area contributed by atoms with Crippen LogP contribution in [0.2, 0.25) is 0 Å². The molecule has 3 rings (SSSR count). The number of H-pyrrole nitrogens is 1. The number of nitrogens with zero attached hydrogens (tertiary/aromatic N) is 4. The Morgan fingerprint density at radius 3 is 2.80 bits per heavy atom. The van der Waals surface area contributed by atoms with E-state index in [-0.39, 0.29) is 18.3 Å². The first-order chi connectivity index (χ1) is 12.1. The Kier molecular flexibility index (Phi) is 4.87. The van der Waals surface area contributed by atoms with E-state index in [2.05, 4.69) is 32.4 Å². The van der Waals surface area contributed by atoms with Crippen molar-refractivity contribution in [3.8, 4) is 11.4 Å². The fourth-order valence-electron chi connectivity index (χ4n) is 2.51. The van der Waals surface area contributed by atoms with Gasteiger partial charge in [0.2, 0.25) is 0 Å².